The first-order chi connectivity index (χ1) is 14.9. The zero-order valence-corrected chi connectivity index (χ0v) is 17.4. The minimum Gasteiger partial charge on any atom is -0.455 e. The normalized spacial score (nSPS) is 17.2. The molecule has 4 rings (SSSR count). The third-order valence-electron chi connectivity index (χ3n) is 4.96. The van der Waals surface area contributed by atoms with E-state index in [1.165, 1.54) is 0 Å². The van der Waals surface area contributed by atoms with Crippen LogP contribution in [0.2, 0.25) is 0 Å². The lowest BCUT2D eigenvalue weighted by molar-refractivity contribution is -0.150. The molecule has 9 heteroatoms. The number of esters is 1. The number of sulfone groups is 1. The molecule has 3 aromatic rings. The summed E-state index contributed by atoms with van der Waals surface area (Å²) in [6.45, 7) is -0.504. The molecule has 1 saturated heterocycles. The summed E-state index contributed by atoms with van der Waals surface area (Å²) < 4.78 is 29.7. The topological polar surface area (TPSA) is 107 Å². The minimum atomic E-state index is -3.20. The first kappa shape index (κ1) is 20.8. The molecule has 0 radical (unpaired) electrons. The van der Waals surface area contributed by atoms with E-state index in [-0.39, 0.29) is 17.9 Å². The van der Waals surface area contributed by atoms with Gasteiger partial charge in [-0.2, -0.15) is 5.10 Å². The Bertz CT molecular complexity index is 1190. The van der Waals surface area contributed by atoms with Crippen LogP contribution in [0, 0.1) is 5.92 Å². The molecule has 1 amide bonds. The standard InChI is InChI=1S/C22H21N3O5S/c26-21(14-30-22(27)17-11-12-31(28,29)15-17)23-20-13-19(16-7-3-1-4-8-16)24-25(20)18-9-5-2-6-10-18/h1-10,13,17H,11-12,14-15H2,(H,23,26). The van der Waals surface area contributed by atoms with Crippen molar-refractivity contribution >= 4 is 27.5 Å². The Morgan fingerprint density at radius 2 is 1.74 bits per heavy atom. The van der Waals surface area contributed by atoms with Crippen LogP contribution in [0.5, 0.6) is 0 Å². The predicted molar refractivity (Wildman–Crippen MR) is 115 cm³/mol. The third kappa shape index (κ3) is 5.00. The van der Waals surface area contributed by atoms with Gasteiger partial charge in [-0.15, -0.1) is 0 Å². The van der Waals surface area contributed by atoms with Crippen LogP contribution in [0.3, 0.4) is 0 Å². The smallest absolute Gasteiger partial charge is 0.310 e. The number of nitrogens with zero attached hydrogens (tertiary/aromatic N) is 2. The monoisotopic (exact) mass is 439 g/mol. The molecular weight excluding hydrogens is 418 g/mol. The van der Waals surface area contributed by atoms with Crippen LogP contribution in [-0.2, 0) is 24.2 Å². The van der Waals surface area contributed by atoms with Gasteiger partial charge in [0.25, 0.3) is 5.91 Å². The van der Waals surface area contributed by atoms with Gasteiger partial charge >= 0.3 is 5.97 Å². The van der Waals surface area contributed by atoms with Crippen LogP contribution in [0.1, 0.15) is 6.42 Å². The Morgan fingerprint density at radius 3 is 2.39 bits per heavy atom. The van der Waals surface area contributed by atoms with Crippen molar-refractivity contribution in [3.63, 3.8) is 0 Å². The maximum absolute atomic E-state index is 12.4. The van der Waals surface area contributed by atoms with Gasteiger partial charge in [-0.3, -0.25) is 9.59 Å². The number of carbonyl (C=O) groups excluding carboxylic acids is 2. The zero-order chi connectivity index (χ0) is 21.8. The number of amides is 1. The van der Waals surface area contributed by atoms with Crippen molar-refractivity contribution in [2.24, 2.45) is 5.92 Å². The molecule has 160 valence electrons. The predicted octanol–water partition coefficient (Wildman–Crippen LogP) is 2.46. The first-order valence-corrected chi connectivity index (χ1v) is 11.6. The number of aromatic nitrogens is 2. The second-order valence-corrected chi connectivity index (χ2v) is 9.51. The highest BCUT2D eigenvalue weighted by Crippen LogP contribution is 2.25. The number of para-hydroxylation sites is 1. The van der Waals surface area contributed by atoms with Crippen molar-refractivity contribution in [3.05, 3.63) is 66.7 Å². The molecule has 1 aliphatic heterocycles. The summed E-state index contributed by atoms with van der Waals surface area (Å²) in [6, 6.07) is 20.6. The summed E-state index contributed by atoms with van der Waals surface area (Å²) in [7, 11) is -3.20. The van der Waals surface area contributed by atoms with Crippen molar-refractivity contribution in [3.8, 4) is 16.9 Å². The number of anilines is 1. The molecular formula is C22H21N3O5S. The van der Waals surface area contributed by atoms with Gasteiger partial charge in [-0.25, -0.2) is 13.1 Å². The average molecular weight is 439 g/mol. The molecule has 31 heavy (non-hydrogen) atoms. The summed E-state index contributed by atoms with van der Waals surface area (Å²) in [5.41, 5.74) is 2.32. The molecule has 2 aromatic carbocycles. The molecule has 2 heterocycles. The number of nitrogens with one attached hydrogen (secondary N) is 1. The highest BCUT2D eigenvalue weighted by molar-refractivity contribution is 7.91. The molecule has 1 unspecified atom stereocenters. The number of hydrogen-bond donors (Lipinski definition) is 1. The number of ether oxygens (including phenoxy) is 1. The largest absolute Gasteiger partial charge is 0.455 e. The second kappa shape index (κ2) is 8.73. The Labute approximate surface area is 179 Å². The van der Waals surface area contributed by atoms with Gasteiger partial charge in [0, 0.05) is 11.6 Å². The van der Waals surface area contributed by atoms with Crippen LogP contribution in [0.4, 0.5) is 5.82 Å². The SMILES string of the molecule is O=C(COC(=O)C1CCS(=O)(=O)C1)Nc1cc(-c2ccccc2)nn1-c1ccccc1. The van der Waals surface area contributed by atoms with Crippen molar-refractivity contribution in [2.75, 3.05) is 23.4 Å². The molecule has 0 spiro atoms. The third-order valence-corrected chi connectivity index (χ3v) is 6.73. The van der Waals surface area contributed by atoms with Crippen LogP contribution in [0.15, 0.2) is 66.7 Å². The lowest BCUT2D eigenvalue weighted by Gasteiger charge is -2.10. The Kier molecular flexibility index (Phi) is 5.85. The summed E-state index contributed by atoms with van der Waals surface area (Å²) in [5, 5.41) is 7.33. The number of hydrogen-bond acceptors (Lipinski definition) is 6. The molecule has 8 nitrogen and oxygen atoms in total. The van der Waals surface area contributed by atoms with Crippen LogP contribution in [-0.4, -0.2) is 48.2 Å². The quantitative estimate of drug-likeness (QED) is 0.591. The van der Waals surface area contributed by atoms with Gasteiger partial charge in [-0.05, 0) is 18.6 Å². The fourth-order valence-corrected chi connectivity index (χ4v) is 5.13. The highest BCUT2D eigenvalue weighted by atomic mass is 32.2. The van der Waals surface area contributed by atoms with E-state index in [0.717, 1.165) is 11.3 Å². The van der Waals surface area contributed by atoms with Crippen molar-refractivity contribution < 1.29 is 22.7 Å². The molecule has 1 N–H and O–H groups in total. The van der Waals surface area contributed by atoms with Gasteiger partial charge in [0.15, 0.2) is 16.4 Å². The number of carbonyl (C=O) groups is 2. The maximum Gasteiger partial charge on any atom is 0.310 e. The zero-order valence-electron chi connectivity index (χ0n) is 16.6. The molecule has 1 fully saturated rings. The van der Waals surface area contributed by atoms with E-state index < -0.39 is 34.2 Å². The van der Waals surface area contributed by atoms with E-state index in [4.69, 9.17) is 4.74 Å². The molecule has 0 saturated carbocycles. The summed E-state index contributed by atoms with van der Waals surface area (Å²) in [5.74, 6) is -1.75. The lowest BCUT2D eigenvalue weighted by Crippen LogP contribution is -2.26. The van der Waals surface area contributed by atoms with E-state index in [1.54, 1.807) is 10.7 Å². The molecule has 1 atom stereocenters. The fraction of sp³-hybridized carbons (Fsp3) is 0.227. The summed E-state index contributed by atoms with van der Waals surface area (Å²) in [6.07, 6.45) is 0.226. The van der Waals surface area contributed by atoms with E-state index in [0.29, 0.717) is 11.5 Å². The van der Waals surface area contributed by atoms with Gasteiger partial charge < -0.3 is 10.1 Å². The Balaban J connectivity index is 1.48. The molecule has 0 bridgehead atoms. The highest BCUT2D eigenvalue weighted by Gasteiger charge is 2.34. The van der Waals surface area contributed by atoms with E-state index in [2.05, 4.69) is 10.4 Å². The Hall–Kier alpha value is -3.46. The lowest BCUT2D eigenvalue weighted by atomic mass is 10.1. The van der Waals surface area contributed by atoms with Gasteiger partial charge in [0.2, 0.25) is 0 Å². The molecule has 0 aliphatic carbocycles. The van der Waals surface area contributed by atoms with Crippen LogP contribution in [0.25, 0.3) is 16.9 Å². The van der Waals surface area contributed by atoms with Crippen molar-refractivity contribution in [1.82, 2.24) is 9.78 Å². The fourth-order valence-electron chi connectivity index (χ4n) is 3.40. The van der Waals surface area contributed by atoms with Crippen LogP contribution >= 0.6 is 0 Å². The summed E-state index contributed by atoms with van der Waals surface area (Å²) in [4.78, 5) is 24.5. The number of rotatable bonds is 6. The van der Waals surface area contributed by atoms with Gasteiger partial charge in [0.1, 0.15) is 5.82 Å². The minimum absolute atomic E-state index is 0.0303. The van der Waals surface area contributed by atoms with E-state index in [9.17, 15) is 18.0 Å². The Morgan fingerprint density at radius 1 is 1.06 bits per heavy atom. The number of benzene rings is 2. The van der Waals surface area contributed by atoms with Crippen molar-refractivity contribution in [1.29, 1.82) is 0 Å². The first-order valence-electron chi connectivity index (χ1n) is 9.79. The van der Waals surface area contributed by atoms with Gasteiger partial charge in [0.05, 0.1) is 28.8 Å². The maximum atomic E-state index is 12.4. The second-order valence-electron chi connectivity index (χ2n) is 7.28. The summed E-state index contributed by atoms with van der Waals surface area (Å²) >= 11 is 0. The molecule has 1 aliphatic rings. The molecule has 1 aromatic heterocycles. The van der Waals surface area contributed by atoms with E-state index in [1.807, 2.05) is 60.7 Å². The van der Waals surface area contributed by atoms with Gasteiger partial charge in [-0.1, -0.05) is 48.5 Å². The van der Waals surface area contributed by atoms with Crippen LogP contribution < -0.4 is 5.32 Å². The average Bonchev–Trinajstić information content (AvgIpc) is 3.36. The van der Waals surface area contributed by atoms with E-state index >= 15 is 0 Å². The van der Waals surface area contributed by atoms with Crippen molar-refractivity contribution in [2.45, 2.75) is 6.42 Å².